The molecule has 0 aromatic rings. The maximum atomic E-state index is 11.0. The number of rotatable bonds is 5. The first-order valence-corrected chi connectivity index (χ1v) is 5.58. The molecule has 5 heteroatoms. The van der Waals surface area contributed by atoms with Crippen LogP contribution >= 0.6 is 0 Å². The molecule has 0 aromatic heterocycles. The lowest BCUT2D eigenvalue weighted by molar-refractivity contribution is -0.0518. The van der Waals surface area contributed by atoms with Crippen molar-refractivity contribution in [3.63, 3.8) is 0 Å². The predicted molar refractivity (Wildman–Crippen MR) is 54.9 cm³/mol. The fourth-order valence-corrected chi connectivity index (χ4v) is 1.70. The van der Waals surface area contributed by atoms with Crippen molar-refractivity contribution >= 4 is 6.16 Å². The van der Waals surface area contributed by atoms with Gasteiger partial charge in [0.15, 0.2) is 18.3 Å². The molecule has 0 radical (unpaired) electrons. The van der Waals surface area contributed by atoms with Crippen molar-refractivity contribution in [1.82, 2.24) is 0 Å². The van der Waals surface area contributed by atoms with Gasteiger partial charge in [0, 0.05) is 6.61 Å². The lowest BCUT2D eigenvalue weighted by atomic mass is 10.1. The highest BCUT2D eigenvalue weighted by Crippen LogP contribution is 2.25. The summed E-state index contributed by atoms with van der Waals surface area (Å²) in [5.74, 6) is 0. The maximum Gasteiger partial charge on any atom is 0.509 e. The molecule has 1 fully saturated rings. The Bertz CT molecular complexity index is 276. The summed E-state index contributed by atoms with van der Waals surface area (Å²) < 4.78 is 20.8. The molecule has 0 spiro atoms. The molecule has 0 aromatic carbocycles. The molecule has 16 heavy (non-hydrogen) atoms. The van der Waals surface area contributed by atoms with Crippen LogP contribution in [-0.4, -0.2) is 37.7 Å². The van der Waals surface area contributed by atoms with E-state index in [1.165, 1.54) is 6.26 Å². The van der Waals surface area contributed by atoms with Crippen molar-refractivity contribution in [2.75, 3.05) is 13.2 Å². The minimum absolute atomic E-state index is 0.265. The lowest BCUT2D eigenvalue weighted by Gasteiger charge is -2.26. The number of hydrogen-bond acceptors (Lipinski definition) is 5. The maximum absolute atomic E-state index is 11.0. The van der Waals surface area contributed by atoms with Crippen molar-refractivity contribution in [2.45, 2.75) is 38.1 Å². The van der Waals surface area contributed by atoms with Crippen molar-refractivity contribution in [2.24, 2.45) is 0 Å². The summed E-state index contributed by atoms with van der Waals surface area (Å²) in [6.07, 6.45) is 3.72. The quantitative estimate of drug-likeness (QED) is 0.528. The predicted octanol–water partition coefficient (Wildman–Crippen LogP) is 1.62. The number of fused-ring (bicyclic) bond motifs is 1. The second-order valence-electron chi connectivity index (χ2n) is 3.85. The molecule has 1 saturated heterocycles. The summed E-state index contributed by atoms with van der Waals surface area (Å²) in [6.45, 7) is 3.22. The van der Waals surface area contributed by atoms with Crippen LogP contribution in [0, 0.1) is 0 Å². The number of carbonyl (C=O) groups excluding carboxylic acids is 1. The van der Waals surface area contributed by atoms with Gasteiger partial charge in [-0.2, -0.15) is 0 Å². The minimum atomic E-state index is -0.635. The van der Waals surface area contributed by atoms with E-state index < -0.39 is 6.16 Å². The summed E-state index contributed by atoms with van der Waals surface area (Å²) in [6, 6.07) is 0. The summed E-state index contributed by atoms with van der Waals surface area (Å²) in [5, 5.41) is 0. The van der Waals surface area contributed by atoms with E-state index in [9.17, 15) is 4.79 Å². The first-order chi connectivity index (χ1) is 7.81. The van der Waals surface area contributed by atoms with Crippen LogP contribution < -0.4 is 0 Å². The van der Waals surface area contributed by atoms with Crippen molar-refractivity contribution < 1.29 is 23.7 Å². The fourth-order valence-electron chi connectivity index (χ4n) is 1.70. The Hall–Kier alpha value is -1.23. The van der Waals surface area contributed by atoms with Gasteiger partial charge >= 0.3 is 6.16 Å². The lowest BCUT2D eigenvalue weighted by Crippen LogP contribution is -2.41. The fraction of sp³-hybridized carbons (Fsp3) is 0.727. The van der Waals surface area contributed by atoms with Crippen LogP contribution in [-0.2, 0) is 18.9 Å². The third-order valence-electron chi connectivity index (χ3n) is 2.60. The van der Waals surface area contributed by atoms with Gasteiger partial charge in [-0.3, -0.25) is 0 Å². The highest BCUT2D eigenvalue weighted by atomic mass is 16.8. The van der Waals surface area contributed by atoms with E-state index in [0.717, 1.165) is 12.8 Å². The Morgan fingerprint density at radius 2 is 2.31 bits per heavy atom. The van der Waals surface area contributed by atoms with Crippen LogP contribution in [0.25, 0.3) is 0 Å². The molecular formula is C11H16O5. The monoisotopic (exact) mass is 228 g/mol. The molecule has 2 aliphatic rings. The van der Waals surface area contributed by atoms with Crippen molar-refractivity contribution in [3.05, 3.63) is 12.3 Å². The molecule has 0 N–H and O–H groups in total. The summed E-state index contributed by atoms with van der Waals surface area (Å²) >= 11 is 0. The first kappa shape index (κ1) is 11.3. The van der Waals surface area contributed by atoms with E-state index in [1.807, 2.05) is 0 Å². The number of ether oxygens (including phenoxy) is 4. The molecule has 3 atom stereocenters. The minimum Gasteiger partial charge on any atom is -0.492 e. The first-order valence-electron chi connectivity index (χ1n) is 5.58. The summed E-state index contributed by atoms with van der Waals surface area (Å²) in [7, 11) is 0. The number of hydrogen-bond donors (Lipinski definition) is 0. The van der Waals surface area contributed by atoms with E-state index >= 15 is 0 Å². The van der Waals surface area contributed by atoms with Crippen LogP contribution in [0.5, 0.6) is 0 Å². The van der Waals surface area contributed by atoms with Gasteiger partial charge in [0.1, 0.15) is 0 Å². The molecule has 1 unspecified atom stereocenters. The van der Waals surface area contributed by atoms with E-state index in [1.54, 1.807) is 6.08 Å². The van der Waals surface area contributed by atoms with Crippen molar-refractivity contribution in [1.29, 1.82) is 0 Å². The zero-order chi connectivity index (χ0) is 11.4. The van der Waals surface area contributed by atoms with E-state index in [0.29, 0.717) is 13.2 Å². The zero-order valence-electron chi connectivity index (χ0n) is 9.26. The molecule has 2 rings (SSSR count). The van der Waals surface area contributed by atoms with Crippen LogP contribution in [0.2, 0.25) is 0 Å². The molecule has 0 bridgehead atoms. The van der Waals surface area contributed by atoms with Crippen molar-refractivity contribution in [3.8, 4) is 0 Å². The molecule has 0 amide bonds. The Morgan fingerprint density at radius 1 is 1.44 bits per heavy atom. The van der Waals surface area contributed by atoms with Crippen LogP contribution in [0.1, 0.15) is 19.8 Å². The zero-order valence-corrected chi connectivity index (χ0v) is 9.26. The molecular weight excluding hydrogens is 212 g/mol. The Balaban J connectivity index is 1.81. The van der Waals surface area contributed by atoms with E-state index in [4.69, 9.17) is 18.9 Å². The second kappa shape index (κ2) is 5.21. The standard InChI is InChI=1S/C11H16O5/c1-2-3-5-13-7-9-10-8(4-6-14-9)15-11(12)16-10/h4,6,8-10H,2-3,5,7H2,1H3/t8-,9?,10-/m1/s1. The normalized spacial score (nSPS) is 31.6. The number of carbonyl (C=O) groups is 1. The second-order valence-corrected chi connectivity index (χ2v) is 3.85. The summed E-state index contributed by atoms with van der Waals surface area (Å²) in [5.41, 5.74) is 0. The highest BCUT2D eigenvalue weighted by molar-refractivity contribution is 5.63. The Labute approximate surface area is 94.3 Å². The summed E-state index contributed by atoms with van der Waals surface area (Å²) in [4.78, 5) is 11.0. The Kier molecular flexibility index (Phi) is 3.66. The Morgan fingerprint density at radius 3 is 3.12 bits per heavy atom. The average Bonchev–Trinajstić information content (AvgIpc) is 2.65. The molecule has 0 saturated carbocycles. The van der Waals surface area contributed by atoms with Crippen LogP contribution in [0.4, 0.5) is 4.79 Å². The molecule has 90 valence electrons. The topological polar surface area (TPSA) is 54.0 Å². The average molecular weight is 228 g/mol. The van der Waals surface area contributed by atoms with Gasteiger partial charge in [0.25, 0.3) is 0 Å². The van der Waals surface area contributed by atoms with Gasteiger partial charge in [-0.15, -0.1) is 0 Å². The largest absolute Gasteiger partial charge is 0.509 e. The van der Waals surface area contributed by atoms with E-state index in [2.05, 4.69) is 6.92 Å². The molecule has 2 heterocycles. The van der Waals surface area contributed by atoms with Gasteiger partial charge < -0.3 is 18.9 Å². The SMILES string of the molecule is CCCCOCC1OC=C[C@H]2OC(=O)O[C@@H]12. The smallest absolute Gasteiger partial charge is 0.492 e. The molecule has 0 aliphatic carbocycles. The third kappa shape index (κ3) is 2.47. The van der Waals surface area contributed by atoms with Gasteiger partial charge in [-0.25, -0.2) is 4.79 Å². The molecule has 5 nitrogen and oxygen atoms in total. The third-order valence-corrected chi connectivity index (χ3v) is 2.60. The van der Waals surface area contributed by atoms with Gasteiger partial charge in [-0.1, -0.05) is 13.3 Å². The van der Waals surface area contributed by atoms with Gasteiger partial charge in [-0.05, 0) is 12.5 Å². The van der Waals surface area contributed by atoms with Gasteiger partial charge in [0.05, 0.1) is 12.9 Å². The number of unbranched alkanes of at least 4 members (excludes halogenated alkanes) is 1. The van der Waals surface area contributed by atoms with E-state index in [-0.39, 0.29) is 18.3 Å². The van der Waals surface area contributed by atoms with Crippen LogP contribution in [0.15, 0.2) is 12.3 Å². The van der Waals surface area contributed by atoms with Crippen LogP contribution in [0.3, 0.4) is 0 Å². The van der Waals surface area contributed by atoms with Gasteiger partial charge in [0.2, 0.25) is 0 Å². The molecule has 2 aliphatic heterocycles. The highest BCUT2D eigenvalue weighted by Gasteiger charge is 2.43.